The first-order valence-electron chi connectivity index (χ1n) is 6.70. The minimum absolute atomic E-state index is 0.177. The number of aromatic nitrogens is 2. The van der Waals surface area contributed by atoms with Gasteiger partial charge in [0.15, 0.2) is 0 Å². The summed E-state index contributed by atoms with van der Waals surface area (Å²) in [5, 5.41) is 2.74. The lowest BCUT2D eigenvalue weighted by Crippen LogP contribution is -2.32. The summed E-state index contributed by atoms with van der Waals surface area (Å²) >= 11 is 0. The molecule has 102 valence electrons. The van der Waals surface area contributed by atoms with E-state index in [1.54, 1.807) is 12.1 Å². The molecule has 1 aliphatic heterocycles. The molecule has 1 aliphatic rings. The number of rotatable bonds is 4. The second kappa shape index (κ2) is 6.31. The van der Waals surface area contributed by atoms with Gasteiger partial charge in [-0.3, -0.25) is 4.79 Å². The van der Waals surface area contributed by atoms with Gasteiger partial charge in [-0.1, -0.05) is 6.08 Å². The highest BCUT2D eigenvalue weighted by Gasteiger charge is 2.16. The molecule has 5 nitrogen and oxygen atoms in total. The Morgan fingerprint density at radius 2 is 2.16 bits per heavy atom. The molecular weight excluding hydrogens is 240 g/mol. The largest absolute Gasteiger partial charge is 0.347 e. The van der Waals surface area contributed by atoms with Crippen molar-refractivity contribution < 1.29 is 4.79 Å². The maximum absolute atomic E-state index is 11.9. The topological polar surface area (TPSA) is 58.1 Å². The van der Waals surface area contributed by atoms with Gasteiger partial charge in [0, 0.05) is 25.3 Å². The van der Waals surface area contributed by atoms with Crippen LogP contribution in [0, 0.1) is 6.92 Å². The Morgan fingerprint density at radius 3 is 2.84 bits per heavy atom. The van der Waals surface area contributed by atoms with Crippen LogP contribution >= 0.6 is 0 Å². The molecule has 1 aromatic heterocycles. The van der Waals surface area contributed by atoms with E-state index in [0.717, 1.165) is 31.6 Å². The normalized spacial score (nSPS) is 15.1. The monoisotopic (exact) mass is 260 g/mol. The molecule has 0 radical (unpaired) electrons. The molecule has 0 unspecified atom stereocenters. The van der Waals surface area contributed by atoms with Crippen molar-refractivity contribution >= 4 is 11.9 Å². The zero-order valence-corrected chi connectivity index (χ0v) is 11.4. The third-order valence-electron chi connectivity index (χ3n) is 3.12. The van der Waals surface area contributed by atoms with Crippen LogP contribution in [0.25, 0.3) is 0 Å². The number of hydrogen-bond donors (Lipinski definition) is 1. The SMILES string of the molecule is C=CCNC(=O)c1cc(C)nc(N2CCCCC2)n1. The summed E-state index contributed by atoms with van der Waals surface area (Å²) in [6, 6.07) is 1.71. The van der Waals surface area contributed by atoms with Crippen molar-refractivity contribution in [1.82, 2.24) is 15.3 Å². The first kappa shape index (κ1) is 13.5. The van der Waals surface area contributed by atoms with Crippen LogP contribution in [0.4, 0.5) is 5.95 Å². The molecule has 5 heteroatoms. The Bertz CT molecular complexity index is 467. The molecule has 1 aromatic rings. The molecule has 1 N–H and O–H groups in total. The van der Waals surface area contributed by atoms with Gasteiger partial charge in [0.1, 0.15) is 5.69 Å². The van der Waals surface area contributed by atoms with Crippen LogP contribution in [-0.4, -0.2) is 35.5 Å². The minimum atomic E-state index is -0.177. The standard InChI is InChI=1S/C14H20N4O/c1-3-7-15-13(19)12-10-11(2)16-14(17-12)18-8-5-4-6-9-18/h3,10H,1,4-9H2,2H3,(H,15,19). The smallest absolute Gasteiger partial charge is 0.270 e. The van der Waals surface area contributed by atoms with Crippen molar-refractivity contribution in [3.05, 3.63) is 30.1 Å². The summed E-state index contributed by atoms with van der Waals surface area (Å²) in [6.07, 6.45) is 5.23. The van der Waals surface area contributed by atoms with Gasteiger partial charge in [0.25, 0.3) is 5.91 Å². The molecule has 0 bridgehead atoms. The number of aryl methyl sites for hydroxylation is 1. The molecule has 0 saturated carbocycles. The third kappa shape index (κ3) is 3.53. The predicted molar refractivity (Wildman–Crippen MR) is 75.4 cm³/mol. The molecule has 0 atom stereocenters. The molecule has 1 amide bonds. The molecule has 0 aromatic carbocycles. The Hall–Kier alpha value is -1.91. The van der Waals surface area contributed by atoms with E-state index in [1.165, 1.54) is 6.42 Å². The van der Waals surface area contributed by atoms with E-state index in [1.807, 2.05) is 6.92 Å². The fourth-order valence-electron chi connectivity index (χ4n) is 2.16. The average molecular weight is 260 g/mol. The van der Waals surface area contributed by atoms with Gasteiger partial charge >= 0.3 is 0 Å². The number of carbonyl (C=O) groups is 1. The number of nitrogens with one attached hydrogen (secondary N) is 1. The number of hydrogen-bond acceptors (Lipinski definition) is 4. The Labute approximate surface area is 113 Å². The fraction of sp³-hybridized carbons (Fsp3) is 0.500. The summed E-state index contributed by atoms with van der Waals surface area (Å²) in [7, 11) is 0. The summed E-state index contributed by atoms with van der Waals surface area (Å²) in [5.74, 6) is 0.493. The zero-order chi connectivity index (χ0) is 13.7. The average Bonchev–Trinajstić information content (AvgIpc) is 2.45. The molecule has 1 fully saturated rings. The van der Waals surface area contributed by atoms with Gasteiger partial charge in [-0.15, -0.1) is 6.58 Å². The van der Waals surface area contributed by atoms with Crippen LogP contribution < -0.4 is 10.2 Å². The van der Waals surface area contributed by atoms with E-state index >= 15 is 0 Å². The molecule has 2 rings (SSSR count). The molecule has 1 saturated heterocycles. The summed E-state index contributed by atoms with van der Waals surface area (Å²) in [4.78, 5) is 22.9. The number of nitrogens with zero attached hydrogens (tertiary/aromatic N) is 3. The molecule has 0 spiro atoms. The molecule has 19 heavy (non-hydrogen) atoms. The first-order valence-corrected chi connectivity index (χ1v) is 6.70. The highest BCUT2D eigenvalue weighted by molar-refractivity contribution is 5.92. The molecule has 0 aliphatic carbocycles. The maximum atomic E-state index is 11.9. The van der Waals surface area contributed by atoms with Gasteiger partial charge in [-0.25, -0.2) is 9.97 Å². The van der Waals surface area contributed by atoms with E-state index in [-0.39, 0.29) is 5.91 Å². The van der Waals surface area contributed by atoms with Crippen molar-refractivity contribution in [3.8, 4) is 0 Å². The number of amides is 1. The number of carbonyl (C=O) groups excluding carboxylic acids is 1. The minimum Gasteiger partial charge on any atom is -0.347 e. The lowest BCUT2D eigenvalue weighted by Gasteiger charge is -2.27. The third-order valence-corrected chi connectivity index (χ3v) is 3.12. The first-order chi connectivity index (χ1) is 9.20. The Kier molecular flexibility index (Phi) is 4.49. The van der Waals surface area contributed by atoms with Gasteiger partial charge in [-0.2, -0.15) is 0 Å². The van der Waals surface area contributed by atoms with E-state index in [9.17, 15) is 4.79 Å². The van der Waals surface area contributed by atoms with Crippen LogP contribution in [0.3, 0.4) is 0 Å². The molecule has 2 heterocycles. The van der Waals surface area contributed by atoms with Crippen LogP contribution in [0.15, 0.2) is 18.7 Å². The fourth-order valence-corrected chi connectivity index (χ4v) is 2.16. The van der Waals surface area contributed by atoms with Crippen molar-refractivity contribution in [3.63, 3.8) is 0 Å². The number of piperidine rings is 1. The van der Waals surface area contributed by atoms with Crippen molar-refractivity contribution in [2.75, 3.05) is 24.5 Å². The highest BCUT2D eigenvalue weighted by Crippen LogP contribution is 2.16. The lowest BCUT2D eigenvalue weighted by atomic mass is 10.1. The molecular formula is C14H20N4O. The van der Waals surface area contributed by atoms with Crippen molar-refractivity contribution in [2.24, 2.45) is 0 Å². The van der Waals surface area contributed by atoms with Crippen LogP contribution in [0.2, 0.25) is 0 Å². The van der Waals surface area contributed by atoms with E-state index < -0.39 is 0 Å². The summed E-state index contributed by atoms with van der Waals surface area (Å²) < 4.78 is 0. The summed E-state index contributed by atoms with van der Waals surface area (Å²) in [5.41, 5.74) is 1.24. The second-order valence-corrected chi connectivity index (χ2v) is 4.74. The van der Waals surface area contributed by atoms with E-state index in [0.29, 0.717) is 18.2 Å². The number of anilines is 1. The van der Waals surface area contributed by atoms with E-state index in [4.69, 9.17) is 0 Å². The Balaban J connectivity index is 2.18. The van der Waals surface area contributed by atoms with Crippen LogP contribution in [0.1, 0.15) is 35.4 Å². The second-order valence-electron chi connectivity index (χ2n) is 4.74. The lowest BCUT2D eigenvalue weighted by molar-refractivity contribution is 0.0953. The van der Waals surface area contributed by atoms with Crippen molar-refractivity contribution in [1.29, 1.82) is 0 Å². The predicted octanol–water partition coefficient (Wildman–Crippen LogP) is 1.69. The quantitative estimate of drug-likeness (QED) is 0.837. The van der Waals surface area contributed by atoms with Gasteiger partial charge in [-0.05, 0) is 32.3 Å². The van der Waals surface area contributed by atoms with Crippen LogP contribution in [0.5, 0.6) is 0 Å². The zero-order valence-electron chi connectivity index (χ0n) is 11.4. The van der Waals surface area contributed by atoms with Crippen LogP contribution in [-0.2, 0) is 0 Å². The van der Waals surface area contributed by atoms with Gasteiger partial charge < -0.3 is 10.2 Å². The highest BCUT2D eigenvalue weighted by atomic mass is 16.1. The maximum Gasteiger partial charge on any atom is 0.270 e. The Morgan fingerprint density at radius 1 is 1.42 bits per heavy atom. The summed E-state index contributed by atoms with van der Waals surface area (Å²) in [6.45, 7) is 7.85. The van der Waals surface area contributed by atoms with Crippen molar-refractivity contribution in [2.45, 2.75) is 26.2 Å². The van der Waals surface area contributed by atoms with Gasteiger partial charge in [0.2, 0.25) is 5.95 Å². The van der Waals surface area contributed by atoms with Gasteiger partial charge in [0.05, 0.1) is 0 Å². The van der Waals surface area contributed by atoms with E-state index in [2.05, 4.69) is 26.8 Å².